The van der Waals surface area contributed by atoms with E-state index in [1.54, 1.807) is 12.1 Å². The number of aryl methyl sites for hydroxylation is 1. The van der Waals surface area contributed by atoms with Crippen molar-refractivity contribution in [3.63, 3.8) is 0 Å². The van der Waals surface area contributed by atoms with E-state index in [1.807, 2.05) is 12.1 Å². The molecule has 1 saturated carbocycles. The highest BCUT2D eigenvalue weighted by molar-refractivity contribution is 5.72. The van der Waals surface area contributed by atoms with Crippen LogP contribution in [0.1, 0.15) is 56.1 Å². The van der Waals surface area contributed by atoms with Crippen molar-refractivity contribution in [1.82, 2.24) is 0 Å². The van der Waals surface area contributed by atoms with Gasteiger partial charge in [0.25, 0.3) is 0 Å². The van der Waals surface area contributed by atoms with Crippen LogP contribution in [-0.2, 0) is 4.79 Å². The Balaban J connectivity index is 1.75. The lowest BCUT2D eigenvalue weighted by atomic mass is 9.83. The van der Waals surface area contributed by atoms with Crippen LogP contribution in [0.3, 0.4) is 0 Å². The van der Waals surface area contributed by atoms with Crippen molar-refractivity contribution in [2.45, 2.75) is 58.0 Å². The van der Waals surface area contributed by atoms with Crippen LogP contribution in [0.25, 0.3) is 0 Å². The number of aliphatic carboxylic acids is 1. The van der Waals surface area contributed by atoms with E-state index in [4.69, 9.17) is 14.6 Å². The molecule has 1 fully saturated rings. The maximum Gasteiger partial charge on any atom is 0.344 e. The van der Waals surface area contributed by atoms with Crippen molar-refractivity contribution in [2.24, 2.45) is 0 Å². The molecule has 1 aliphatic rings. The second-order valence-electron chi connectivity index (χ2n) is 7.05. The molecule has 138 valence electrons. The van der Waals surface area contributed by atoms with Crippen LogP contribution in [-0.4, -0.2) is 17.2 Å². The van der Waals surface area contributed by atoms with Gasteiger partial charge in [0.1, 0.15) is 17.2 Å². The van der Waals surface area contributed by atoms with E-state index in [9.17, 15) is 4.79 Å². The Morgan fingerprint density at radius 3 is 2.35 bits per heavy atom. The minimum absolute atomic E-state index is 0.518. The Bertz CT molecular complexity index is 745. The topological polar surface area (TPSA) is 55.8 Å². The molecule has 4 nitrogen and oxygen atoms in total. The fourth-order valence-electron chi connectivity index (χ4n) is 3.45. The molecule has 0 amide bonds. The third-order valence-electron chi connectivity index (χ3n) is 4.93. The number of hydrogen-bond acceptors (Lipinski definition) is 3. The SMILES string of the molecule is Cc1ccc(C2CCCCC2)c(Oc2ccc(OC(C)C(=O)O)cc2)c1. The van der Waals surface area contributed by atoms with Crippen LogP contribution < -0.4 is 9.47 Å². The minimum atomic E-state index is -0.984. The molecule has 2 aromatic carbocycles. The predicted molar refractivity (Wildman–Crippen MR) is 101 cm³/mol. The second kappa shape index (κ2) is 8.26. The van der Waals surface area contributed by atoms with Gasteiger partial charge in [-0.25, -0.2) is 4.79 Å². The summed E-state index contributed by atoms with van der Waals surface area (Å²) in [6, 6.07) is 13.6. The largest absolute Gasteiger partial charge is 0.479 e. The third kappa shape index (κ3) is 4.57. The van der Waals surface area contributed by atoms with Crippen LogP contribution in [0, 0.1) is 6.92 Å². The molecule has 0 bridgehead atoms. The van der Waals surface area contributed by atoms with Crippen LogP contribution >= 0.6 is 0 Å². The molecule has 3 rings (SSSR count). The summed E-state index contributed by atoms with van der Waals surface area (Å²) in [5, 5.41) is 8.92. The Hall–Kier alpha value is -2.49. The van der Waals surface area contributed by atoms with Gasteiger partial charge in [0.15, 0.2) is 6.10 Å². The molecule has 0 heterocycles. The zero-order valence-corrected chi connectivity index (χ0v) is 15.4. The standard InChI is InChI=1S/C22H26O4/c1-15-8-13-20(17-6-4-3-5-7-17)21(14-15)26-19-11-9-18(10-12-19)25-16(2)22(23)24/h8-14,16-17H,3-7H2,1-2H3,(H,23,24). The van der Waals surface area contributed by atoms with Gasteiger partial charge >= 0.3 is 5.97 Å². The van der Waals surface area contributed by atoms with Gasteiger partial charge in [0, 0.05) is 0 Å². The lowest BCUT2D eigenvalue weighted by Gasteiger charge is -2.24. The number of benzene rings is 2. The quantitative estimate of drug-likeness (QED) is 0.724. The van der Waals surface area contributed by atoms with Crippen molar-refractivity contribution in [3.8, 4) is 17.2 Å². The van der Waals surface area contributed by atoms with Gasteiger partial charge in [-0.3, -0.25) is 0 Å². The zero-order valence-electron chi connectivity index (χ0n) is 15.4. The van der Waals surface area contributed by atoms with Gasteiger partial charge in [-0.2, -0.15) is 0 Å². The summed E-state index contributed by atoms with van der Waals surface area (Å²) in [6.45, 7) is 3.58. The summed E-state index contributed by atoms with van der Waals surface area (Å²) in [5.74, 6) is 1.75. The summed E-state index contributed by atoms with van der Waals surface area (Å²) in [7, 11) is 0. The molecule has 0 aliphatic heterocycles. The highest BCUT2D eigenvalue weighted by atomic mass is 16.5. The molecule has 1 unspecified atom stereocenters. The van der Waals surface area contributed by atoms with Crippen molar-refractivity contribution in [3.05, 3.63) is 53.6 Å². The first-order valence-electron chi connectivity index (χ1n) is 9.31. The highest BCUT2D eigenvalue weighted by Crippen LogP contribution is 2.39. The maximum atomic E-state index is 10.9. The third-order valence-corrected chi connectivity index (χ3v) is 4.93. The first-order chi connectivity index (χ1) is 12.5. The van der Waals surface area contributed by atoms with Crippen molar-refractivity contribution < 1.29 is 19.4 Å². The zero-order chi connectivity index (χ0) is 18.5. The molecule has 0 aromatic heterocycles. The monoisotopic (exact) mass is 354 g/mol. The normalized spacial score (nSPS) is 16.1. The van der Waals surface area contributed by atoms with Gasteiger partial charge in [-0.05, 0) is 74.1 Å². The molecule has 2 aromatic rings. The smallest absolute Gasteiger partial charge is 0.344 e. The van der Waals surface area contributed by atoms with Crippen LogP contribution in [0.4, 0.5) is 0 Å². The summed E-state index contributed by atoms with van der Waals surface area (Å²) < 4.78 is 11.5. The first kappa shape index (κ1) is 18.3. The van der Waals surface area contributed by atoms with Crippen LogP contribution in [0.15, 0.2) is 42.5 Å². The van der Waals surface area contributed by atoms with E-state index in [1.165, 1.54) is 50.2 Å². The average Bonchev–Trinajstić information content (AvgIpc) is 2.64. The van der Waals surface area contributed by atoms with Crippen molar-refractivity contribution in [2.75, 3.05) is 0 Å². The molecule has 1 aliphatic carbocycles. The molecular weight excluding hydrogens is 328 g/mol. The number of rotatable bonds is 6. The first-order valence-corrected chi connectivity index (χ1v) is 9.31. The molecular formula is C22H26O4. The lowest BCUT2D eigenvalue weighted by Crippen LogP contribution is -2.22. The lowest BCUT2D eigenvalue weighted by molar-refractivity contribution is -0.144. The number of hydrogen-bond donors (Lipinski definition) is 1. The van der Waals surface area contributed by atoms with Crippen molar-refractivity contribution in [1.29, 1.82) is 0 Å². The molecule has 0 radical (unpaired) electrons. The Labute approximate surface area is 154 Å². The van der Waals surface area contributed by atoms with Crippen LogP contribution in [0.5, 0.6) is 17.2 Å². The van der Waals surface area contributed by atoms with Gasteiger partial charge < -0.3 is 14.6 Å². The summed E-state index contributed by atoms with van der Waals surface area (Å²) >= 11 is 0. The van der Waals surface area contributed by atoms with E-state index in [-0.39, 0.29) is 0 Å². The van der Waals surface area contributed by atoms with Gasteiger partial charge in [0.05, 0.1) is 0 Å². The van der Waals surface area contributed by atoms with Gasteiger partial charge in [-0.15, -0.1) is 0 Å². The predicted octanol–water partition coefficient (Wildman–Crippen LogP) is 5.69. The fraction of sp³-hybridized carbons (Fsp3) is 0.409. The van der Waals surface area contributed by atoms with E-state index >= 15 is 0 Å². The summed E-state index contributed by atoms with van der Waals surface area (Å²) in [5.41, 5.74) is 2.46. The van der Waals surface area contributed by atoms with E-state index in [0.29, 0.717) is 11.7 Å². The second-order valence-corrected chi connectivity index (χ2v) is 7.05. The number of ether oxygens (including phenoxy) is 2. The Kier molecular flexibility index (Phi) is 5.82. The molecule has 0 spiro atoms. The number of carboxylic acids is 1. The molecule has 1 N–H and O–H groups in total. The highest BCUT2D eigenvalue weighted by Gasteiger charge is 2.20. The Morgan fingerprint density at radius 1 is 1.04 bits per heavy atom. The summed E-state index contributed by atoms with van der Waals surface area (Å²) in [6.07, 6.45) is 5.46. The molecule has 1 atom stereocenters. The number of carboxylic acid groups (broad SMARTS) is 1. The minimum Gasteiger partial charge on any atom is -0.479 e. The molecule has 26 heavy (non-hydrogen) atoms. The van der Waals surface area contributed by atoms with Gasteiger partial charge in [0.2, 0.25) is 0 Å². The maximum absolute atomic E-state index is 10.9. The Morgan fingerprint density at radius 2 is 1.69 bits per heavy atom. The van der Waals surface area contributed by atoms with E-state index < -0.39 is 12.1 Å². The molecule has 0 saturated heterocycles. The van der Waals surface area contributed by atoms with Crippen LogP contribution in [0.2, 0.25) is 0 Å². The summed E-state index contributed by atoms with van der Waals surface area (Å²) in [4.78, 5) is 10.9. The molecule has 4 heteroatoms. The number of carbonyl (C=O) groups is 1. The van der Waals surface area contributed by atoms with E-state index in [0.717, 1.165) is 11.5 Å². The van der Waals surface area contributed by atoms with Gasteiger partial charge in [-0.1, -0.05) is 31.4 Å². The van der Waals surface area contributed by atoms with E-state index in [2.05, 4.69) is 25.1 Å². The average molecular weight is 354 g/mol. The fourth-order valence-corrected chi connectivity index (χ4v) is 3.45. The van der Waals surface area contributed by atoms with Crippen molar-refractivity contribution >= 4 is 5.97 Å².